The molecule has 2 N–H and O–H groups in total. The first-order chi connectivity index (χ1) is 9.97. The molecule has 3 nitrogen and oxygen atoms in total. The van der Waals surface area contributed by atoms with Gasteiger partial charge in [0.2, 0.25) is 5.91 Å². The molecule has 0 saturated heterocycles. The van der Waals surface area contributed by atoms with Gasteiger partial charge >= 0.3 is 0 Å². The molecule has 0 aliphatic heterocycles. The Morgan fingerprint density at radius 3 is 2.52 bits per heavy atom. The Hall–Kier alpha value is -1.36. The van der Waals surface area contributed by atoms with Crippen LogP contribution in [0.2, 0.25) is 10.0 Å². The smallest absolute Gasteiger partial charge is 0.237 e. The molecule has 1 amide bonds. The Bertz CT molecular complexity index is 647. The molecule has 0 radical (unpaired) electrons. The SMILES string of the molecule is CN(C(=O)CSc1cc(Cl)ccc1Cl)c1ccc(N)cc1. The Morgan fingerprint density at radius 2 is 1.86 bits per heavy atom. The van der Waals surface area contributed by atoms with Crippen molar-refractivity contribution < 1.29 is 4.79 Å². The van der Waals surface area contributed by atoms with Crippen LogP contribution in [0.4, 0.5) is 11.4 Å². The van der Waals surface area contributed by atoms with Crippen molar-refractivity contribution in [2.75, 3.05) is 23.4 Å². The highest BCUT2D eigenvalue weighted by Crippen LogP contribution is 2.30. The molecule has 2 aromatic rings. The van der Waals surface area contributed by atoms with E-state index >= 15 is 0 Å². The summed E-state index contributed by atoms with van der Waals surface area (Å²) < 4.78 is 0. The molecule has 0 spiro atoms. The van der Waals surface area contributed by atoms with E-state index in [0.29, 0.717) is 15.7 Å². The van der Waals surface area contributed by atoms with Gasteiger partial charge in [-0.25, -0.2) is 0 Å². The number of nitrogen functional groups attached to an aromatic ring is 1. The number of benzene rings is 2. The second-order valence-electron chi connectivity index (χ2n) is 4.41. The summed E-state index contributed by atoms with van der Waals surface area (Å²) in [5.41, 5.74) is 7.10. The van der Waals surface area contributed by atoms with E-state index in [2.05, 4.69) is 0 Å². The minimum absolute atomic E-state index is 0.0270. The molecule has 0 heterocycles. The summed E-state index contributed by atoms with van der Waals surface area (Å²) in [6.07, 6.45) is 0. The standard InChI is InChI=1S/C15H14Cl2N2OS/c1-19(12-5-3-11(18)4-6-12)15(20)9-21-14-8-10(16)2-7-13(14)17/h2-8H,9,18H2,1H3. The molecule has 0 bridgehead atoms. The maximum absolute atomic E-state index is 12.2. The zero-order chi connectivity index (χ0) is 15.4. The molecule has 0 aromatic heterocycles. The van der Waals surface area contributed by atoms with Crippen molar-refractivity contribution in [1.82, 2.24) is 0 Å². The van der Waals surface area contributed by atoms with Crippen LogP contribution in [0.3, 0.4) is 0 Å². The van der Waals surface area contributed by atoms with Gasteiger partial charge in [0.05, 0.1) is 10.8 Å². The monoisotopic (exact) mass is 340 g/mol. The maximum Gasteiger partial charge on any atom is 0.237 e. The van der Waals surface area contributed by atoms with Crippen molar-refractivity contribution in [2.24, 2.45) is 0 Å². The van der Waals surface area contributed by atoms with Crippen LogP contribution in [0.5, 0.6) is 0 Å². The van der Waals surface area contributed by atoms with Gasteiger partial charge in [-0.3, -0.25) is 4.79 Å². The first-order valence-electron chi connectivity index (χ1n) is 6.17. The molecule has 2 rings (SSSR count). The van der Waals surface area contributed by atoms with E-state index in [9.17, 15) is 4.79 Å². The van der Waals surface area contributed by atoms with Gasteiger partial charge in [-0.2, -0.15) is 0 Å². The second-order valence-corrected chi connectivity index (χ2v) is 6.27. The van der Waals surface area contributed by atoms with Crippen molar-refractivity contribution in [1.29, 1.82) is 0 Å². The summed E-state index contributed by atoms with van der Waals surface area (Å²) in [6.45, 7) is 0. The van der Waals surface area contributed by atoms with Crippen LogP contribution in [0.15, 0.2) is 47.4 Å². The highest BCUT2D eigenvalue weighted by Gasteiger charge is 2.12. The quantitative estimate of drug-likeness (QED) is 0.665. The fourth-order valence-electron chi connectivity index (χ4n) is 1.67. The van der Waals surface area contributed by atoms with Crippen LogP contribution in [-0.4, -0.2) is 18.7 Å². The van der Waals surface area contributed by atoms with Gasteiger partial charge in [-0.15, -0.1) is 11.8 Å². The molecule has 0 atom stereocenters. The first kappa shape index (κ1) is 16.0. The number of anilines is 2. The fraction of sp³-hybridized carbons (Fsp3) is 0.133. The largest absolute Gasteiger partial charge is 0.399 e. The summed E-state index contributed by atoms with van der Waals surface area (Å²) in [6, 6.07) is 12.3. The number of rotatable bonds is 4. The lowest BCUT2D eigenvalue weighted by molar-refractivity contribution is -0.115. The Labute approximate surface area is 138 Å². The van der Waals surface area contributed by atoms with Crippen molar-refractivity contribution in [3.63, 3.8) is 0 Å². The van der Waals surface area contributed by atoms with Crippen LogP contribution in [0.25, 0.3) is 0 Å². The van der Waals surface area contributed by atoms with Gasteiger partial charge in [0.1, 0.15) is 0 Å². The fourth-order valence-corrected chi connectivity index (χ4v) is 3.07. The molecule has 0 aliphatic rings. The third-order valence-electron chi connectivity index (χ3n) is 2.90. The number of carbonyl (C=O) groups excluding carboxylic acids is 1. The average molecular weight is 341 g/mol. The van der Waals surface area contributed by atoms with Gasteiger partial charge in [-0.1, -0.05) is 23.2 Å². The molecule has 0 saturated carbocycles. The lowest BCUT2D eigenvalue weighted by Gasteiger charge is -2.17. The van der Waals surface area contributed by atoms with Crippen LogP contribution >= 0.6 is 35.0 Å². The highest BCUT2D eigenvalue weighted by atomic mass is 35.5. The molecular weight excluding hydrogens is 327 g/mol. The van der Waals surface area contributed by atoms with Crippen molar-refractivity contribution >= 4 is 52.2 Å². The Morgan fingerprint density at radius 1 is 1.19 bits per heavy atom. The molecule has 0 unspecified atom stereocenters. The van der Waals surface area contributed by atoms with Crippen molar-refractivity contribution in [3.05, 3.63) is 52.5 Å². The number of halogens is 2. The molecule has 0 fully saturated rings. The molecule has 2 aromatic carbocycles. The number of carbonyl (C=O) groups is 1. The maximum atomic E-state index is 12.2. The summed E-state index contributed by atoms with van der Waals surface area (Å²) in [7, 11) is 1.73. The normalized spacial score (nSPS) is 10.4. The number of amides is 1. The van der Waals surface area contributed by atoms with E-state index in [0.717, 1.165) is 10.6 Å². The average Bonchev–Trinajstić information content (AvgIpc) is 2.48. The summed E-state index contributed by atoms with van der Waals surface area (Å²) >= 11 is 13.4. The van der Waals surface area contributed by atoms with E-state index in [1.54, 1.807) is 42.3 Å². The third-order valence-corrected chi connectivity index (χ3v) is 4.62. The first-order valence-corrected chi connectivity index (χ1v) is 7.91. The molecule has 0 aliphatic carbocycles. The Kier molecular flexibility index (Phi) is 5.39. The zero-order valence-corrected chi connectivity index (χ0v) is 13.7. The van der Waals surface area contributed by atoms with Crippen LogP contribution in [0.1, 0.15) is 0 Å². The van der Waals surface area contributed by atoms with Crippen LogP contribution < -0.4 is 10.6 Å². The van der Waals surface area contributed by atoms with Gasteiger partial charge in [0.15, 0.2) is 0 Å². The van der Waals surface area contributed by atoms with Gasteiger partial charge in [0, 0.05) is 28.3 Å². The molecule has 110 valence electrons. The number of nitrogens with two attached hydrogens (primary N) is 1. The van der Waals surface area contributed by atoms with E-state index in [4.69, 9.17) is 28.9 Å². The van der Waals surface area contributed by atoms with Gasteiger partial charge < -0.3 is 10.6 Å². The van der Waals surface area contributed by atoms with Crippen molar-refractivity contribution in [3.8, 4) is 0 Å². The molecule has 21 heavy (non-hydrogen) atoms. The number of hydrogen-bond donors (Lipinski definition) is 1. The topological polar surface area (TPSA) is 46.3 Å². The van der Waals surface area contributed by atoms with Crippen LogP contribution in [-0.2, 0) is 4.79 Å². The number of thioether (sulfide) groups is 1. The van der Waals surface area contributed by atoms with E-state index in [-0.39, 0.29) is 11.7 Å². The van der Waals surface area contributed by atoms with Gasteiger partial charge in [-0.05, 0) is 42.5 Å². The Balaban J connectivity index is 2.01. The summed E-state index contributed by atoms with van der Waals surface area (Å²) in [5, 5.41) is 1.19. The van der Waals surface area contributed by atoms with E-state index < -0.39 is 0 Å². The minimum Gasteiger partial charge on any atom is -0.399 e. The molecular formula is C15H14Cl2N2OS. The lowest BCUT2D eigenvalue weighted by Crippen LogP contribution is -2.27. The predicted octanol–water partition coefficient (Wildman–Crippen LogP) is 4.33. The van der Waals surface area contributed by atoms with Crippen molar-refractivity contribution in [2.45, 2.75) is 4.90 Å². The highest BCUT2D eigenvalue weighted by molar-refractivity contribution is 8.00. The predicted molar refractivity (Wildman–Crippen MR) is 91.5 cm³/mol. The second kappa shape index (κ2) is 7.07. The van der Waals surface area contributed by atoms with Gasteiger partial charge in [0.25, 0.3) is 0 Å². The minimum atomic E-state index is -0.0270. The lowest BCUT2D eigenvalue weighted by atomic mass is 10.2. The third kappa shape index (κ3) is 4.30. The summed E-state index contributed by atoms with van der Waals surface area (Å²) in [5.74, 6) is 0.252. The summed E-state index contributed by atoms with van der Waals surface area (Å²) in [4.78, 5) is 14.6. The zero-order valence-electron chi connectivity index (χ0n) is 11.3. The number of nitrogens with zero attached hydrogens (tertiary/aromatic N) is 1. The molecule has 6 heteroatoms. The van der Waals surface area contributed by atoms with E-state index in [1.165, 1.54) is 11.8 Å². The van der Waals surface area contributed by atoms with Crippen LogP contribution in [0, 0.1) is 0 Å². The number of hydrogen-bond acceptors (Lipinski definition) is 3. The van der Waals surface area contributed by atoms with E-state index in [1.807, 2.05) is 12.1 Å².